The van der Waals surface area contributed by atoms with Crippen molar-refractivity contribution in [3.63, 3.8) is 0 Å². The SMILES string of the molecule is CC(=O)O[C@@H]1C[C@H](C(C)(C)O)O[C@@H]2CC[C@](C)(O)[C@H](C(=O)O)[C@@]12C. The predicted molar refractivity (Wildman–Crippen MR) is 84.2 cm³/mol. The zero-order chi connectivity index (χ0) is 18.5. The maximum atomic E-state index is 11.9. The van der Waals surface area contributed by atoms with Crippen LogP contribution in [-0.2, 0) is 19.1 Å². The first-order valence-electron chi connectivity index (χ1n) is 8.30. The summed E-state index contributed by atoms with van der Waals surface area (Å²) in [5.41, 5.74) is -3.67. The van der Waals surface area contributed by atoms with Crippen molar-refractivity contribution in [1.82, 2.24) is 0 Å². The molecule has 0 radical (unpaired) electrons. The molecule has 7 nitrogen and oxygen atoms in total. The fraction of sp³-hybridized carbons (Fsp3) is 0.882. The Hall–Kier alpha value is -1.18. The van der Waals surface area contributed by atoms with Crippen LogP contribution >= 0.6 is 0 Å². The molecule has 2 fully saturated rings. The third-order valence-electron chi connectivity index (χ3n) is 5.64. The number of carbonyl (C=O) groups excluding carboxylic acids is 1. The Kier molecular flexibility index (Phi) is 4.76. The van der Waals surface area contributed by atoms with Crippen molar-refractivity contribution in [1.29, 1.82) is 0 Å². The van der Waals surface area contributed by atoms with Gasteiger partial charge in [-0.1, -0.05) is 6.92 Å². The van der Waals surface area contributed by atoms with Crippen LogP contribution in [0.25, 0.3) is 0 Å². The highest BCUT2D eigenvalue weighted by Crippen LogP contribution is 2.55. The normalized spacial score (nSPS) is 43.0. The summed E-state index contributed by atoms with van der Waals surface area (Å²) in [7, 11) is 0. The van der Waals surface area contributed by atoms with Crippen LogP contribution in [0.5, 0.6) is 0 Å². The number of carboxylic acids is 1. The lowest BCUT2D eigenvalue weighted by molar-refractivity contribution is -0.277. The monoisotopic (exact) mass is 344 g/mol. The van der Waals surface area contributed by atoms with Gasteiger partial charge in [0, 0.05) is 18.8 Å². The third-order valence-corrected chi connectivity index (χ3v) is 5.64. The number of fused-ring (bicyclic) bond motifs is 1. The van der Waals surface area contributed by atoms with Gasteiger partial charge in [0.2, 0.25) is 0 Å². The predicted octanol–water partition coefficient (Wildman–Crippen LogP) is 1.10. The molecule has 1 aliphatic heterocycles. The number of ether oxygens (including phenoxy) is 2. The maximum absolute atomic E-state index is 11.9. The zero-order valence-corrected chi connectivity index (χ0v) is 14.9. The van der Waals surface area contributed by atoms with Gasteiger partial charge in [0.25, 0.3) is 0 Å². The number of esters is 1. The highest BCUT2D eigenvalue weighted by Gasteiger charge is 2.64. The smallest absolute Gasteiger partial charge is 0.310 e. The summed E-state index contributed by atoms with van der Waals surface area (Å²) < 4.78 is 11.5. The Morgan fingerprint density at radius 1 is 1.29 bits per heavy atom. The van der Waals surface area contributed by atoms with Crippen LogP contribution in [0.1, 0.15) is 53.9 Å². The molecular formula is C17H28O7. The van der Waals surface area contributed by atoms with Gasteiger partial charge in [-0.05, 0) is 33.6 Å². The Morgan fingerprint density at radius 3 is 2.33 bits per heavy atom. The van der Waals surface area contributed by atoms with Crippen molar-refractivity contribution < 1.29 is 34.4 Å². The largest absolute Gasteiger partial charge is 0.481 e. The van der Waals surface area contributed by atoms with Crippen molar-refractivity contribution in [3.05, 3.63) is 0 Å². The second-order valence-corrected chi connectivity index (χ2v) is 8.13. The van der Waals surface area contributed by atoms with Crippen molar-refractivity contribution in [2.75, 3.05) is 0 Å². The van der Waals surface area contributed by atoms with E-state index < -0.39 is 52.8 Å². The first-order chi connectivity index (χ1) is 10.8. The molecule has 2 rings (SSSR count). The van der Waals surface area contributed by atoms with Crippen LogP contribution in [0.3, 0.4) is 0 Å². The van der Waals surface area contributed by atoms with E-state index in [4.69, 9.17) is 9.47 Å². The Balaban J connectivity index is 2.49. The van der Waals surface area contributed by atoms with Crippen molar-refractivity contribution >= 4 is 11.9 Å². The minimum absolute atomic E-state index is 0.177. The van der Waals surface area contributed by atoms with Crippen molar-refractivity contribution in [2.45, 2.75) is 83.4 Å². The van der Waals surface area contributed by atoms with E-state index in [0.717, 1.165) is 0 Å². The molecule has 0 unspecified atom stereocenters. The van der Waals surface area contributed by atoms with Gasteiger partial charge in [0.15, 0.2) is 0 Å². The molecule has 1 aliphatic carbocycles. The van der Waals surface area contributed by atoms with E-state index in [1.807, 2.05) is 0 Å². The lowest BCUT2D eigenvalue weighted by atomic mass is 9.55. The van der Waals surface area contributed by atoms with Crippen LogP contribution in [-0.4, -0.2) is 56.8 Å². The van der Waals surface area contributed by atoms with Gasteiger partial charge in [0.05, 0.1) is 29.3 Å². The number of hydrogen-bond donors (Lipinski definition) is 3. The molecule has 7 heteroatoms. The van der Waals surface area contributed by atoms with E-state index in [-0.39, 0.29) is 12.8 Å². The molecular weight excluding hydrogens is 316 g/mol. The summed E-state index contributed by atoms with van der Waals surface area (Å²) in [4.78, 5) is 23.5. The van der Waals surface area contributed by atoms with Gasteiger partial charge in [-0.25, -0.2) is 0 Å². The van der Waals surface area contributed by atoms with Gasteiger partial charge < -0.3 is 24.8 Å². The topological polar surface area (TPSA) is 113 Å². The first-order valence-corrected chi connectivity index (χ1v) is 8.30. The highest BCUT2D eigenvalue weighted by atomic mass is 16.6. The highest BCUT2D eigenvalue weighted by molar-refractivity contribution is 5.73. The summed E-state index contributed by atoms with van der Waals surface area (Å²) in [6, 6.07) is 0. The molecule has 0 bridgehead atoms. The minimum Gasteiger partial charge on any atom is -0.481 e. The summed E-state index contributed by atoms with van der Waals surface area (Å²) in [6.07, 6.45) is -1.02. The Labute approximate surface area is 141 Å². The Morgan fingerprint density at radius 2 is 1.88 bits per heavy atom. The fourth-order valence-electron chi connectivity index (χ4n) is 4.41. The molecule has 0 aromatic rings. The van der Waals surface area contributed by atoms with Crippen LogP contribution in [0.2, 0.25) is 0 Å². The molecule has 1 heterocycles. The van der Waals surface area contributed by atoms with Gasteiger partial charge in [-0.15, -0.1) is 0 Å². The fourth-order valence-corrected chi connectivity index (χ4v) is 4.41. The van der Waals surface area contributed by atoms with E-state index in [1.54, 1.807) is 20.8 Å². The van der Waals surface area contributed by atoms with E-state index in [0.29, 0.717) is 6.42 Å². The van der Waals surface area contributed by atoms with Crippen molar-refractivity contribution in [2.24, 2.45) is 11.3 Å². The van der Waals surface area contributed by atoms with E-state index in [1.165, 1.54) is 13.8 Å². The molecule has 6 atom stereocenters. The molecule has 1 saturated heterocycles. The maximum Gasteiger partial charge on any atom is 0.310 e. The summed E-state index contributed by atoms with van der Waals surface area (Å²) >= 11 is 0. The second-order valence-electron chi connectivity index (χ2n) is 8.13. The first kappa shape index (κ1) is 19.1. The van der Waals surface area contributed by atoms with Gasteiger partial charge in [-0.2, -0.15) is 0 Å². The lowest BCUT2D eigenvalue weighted by Crippen LogP contribution is -2.68. The van der Waals surface area contributed by atoms with Crippen LogP contribution < -0.4 is 0 Å². The molecule has 0 spiro atoms. The zero-order valence-electron chi connectivity index (χ0n) is 14.9. The molecule has 3 N–H and O–H groups in total. The van der Waals surface area contributed by atoms with Crippen LogP contribution in [0.15, 0.2) is 0 Å². The summed E-state index contributed by atoms with van der Waals surface area (Å²) in [5, 5.41) is 30.7. The number of aliphatic hydroxyl groups is 2. The molecule has 2 aliphatic rings. The van der Waals surface area contributed by atoms with E-state index in [9.17, 15) is 24.9 Å². The van der Waals surface area contributed by atoms with Gasteiger partial charge in [-0.3, -0.25) is 9.59 Å². The quantitative estimate of drug-likeness (QED) is 0.657. The molecule has 24 heavy (non-hydrogen) atoms. The van der Waals surface area contributed by atoms with Crippen LogP contribution in [0, 0.1) is 11.3 Å². The molecule has 138 valence electrons. The standard InChI is InChI=1S/C17H28O7/c1-9(18)23-12-8-11(15(2,3)21)24-10-6-7-16(4,22)13(14(19)20)17(10,12)5/h10-13,21-22H,6-8H2,1-5H3,(H,19,20)/t10-,11-,12-,13+,16+,17-/m1/s1. The molecule has 0 aromatic heterocycles. The average Bonchev–Trinajstić information content (AvgIpc) is 2.36. The number of aliphatic carboxylic acids is 1. The van der Waals surface area contributed by atoms with E-state index in [2.05, 4.69) is 0 Å². The van der Waals surface area contributed by atoms with E-state index >= 15 is 0 Å². The third kappa shape index (κ3) is 3.17. The summed E-state index contributed by atoms with van der Waals surface area (Å²) in [6.45, 7) is 7.68. The van der Waals surface area contributed by atoms with Crippen molar-refractivity contribution in [3.8, 4) is 0 Å². The number of rotatable bonds is 3. The average molecular weight is 344 g/mol. The molecule has 1 saturated carbocycles. The minimum atomic E-state index is -1.43. The number of carboxylic acid groups (broad SMARTS) is 1. The van der Waals surface area contributed by atoms with Gasteiger partial charge >= 0.3 is 11.9 Å². The second kappa shape index (κ2) is 5.97. The molecule has 0 amide bonds. The number of hydrogen-bond acceptors (Lipinski definition) is 6. The summed E-state index contributed by atoms with van der Waals surface area (Å²) in [5.74, 6) is -2.81. The van der Waals surface area contributed by atoms with Gasteiger partial charge in [0.1, 0.15) is 6.10 Å². The number of carbonyl (C=O) groups is 2. The molecule has 0 aromatic carbocycles. The Bertz CT molecular complexity index is 522. The van der Waals surface area contributed by atoms with Crippen LogP contribution in [0.4, 0.5) is 0 Å². The lowest BCUT2D eigenvalue weighted by Gasteiger charge is -2.58.